The lowest BCUT2D eigenvalue weighted by molar-refractivity contribution is -0.114. The van der Waals surface area contributed by atoms with Crippen molar-refractivity contribution in [2.75, 3.05) is 16.2 Å². The summed E-state index contributed by atoms with van der Waals surface area (Å²) in [6.45, 7) is -0.605. The molecule has 32 heavy (non-hydrogen) atoms. The fourth-order valence-electron chi connectivity index (χ4n) is 3.26. The lowest BCUT2D eigenvalue weighted by atomic mass is 10.2. The van der Waals surface area contributed by atoms with Crippen molar-refractivity contribution in [2.24, 2.45) is 0 Å². The minimum atomic E-state index is -4.24. The van der Waals surface area contributed by atoms with Gasteiger partial charge in [-0.1, -0.05) is 18.2 Å². The van der Waals surface area contributed by atoms with E-state index in [4.69, 9.17) is 0 Å². The lowest BCUT2D eigenvalue weighted by Gasteiger charge is -2.24. The fraction of sp³-hybridized carbons (Fsp3) is 0.0435. The highest BCUT2D eigenvalue weighted by atomic mass is 32.2. The van der Waals surface area contributed by atoms with Crippen molar-refractivity contribution in [2.45, 2.75) is 4.90 Å². The summed E-state index contributed by atoms with van der Waals surface area (Å²) in [6.07, 6.45) is 3.01. The number of hydrogen-bond donors (Lipinski definition) is 1. The second-order valence-corrected chi connectivity index (χ2v) is 8.73. The highest BCUT2D eigenvalue weighted by Crippen LogP contribution is 2.29. The Balaban J connectivity index is 1.75. The van der Waals surface area contributed by atoms with Gasteiger partial charge in [-0.2, -0.15) is 0 Å². The summed E-state index contributed by atoms with van der Waals surface area (Å²) in [5.74, 6) is -1.79. The molecular formula is C23H17F2N3O3S. The Labute approximate surface area is 183 Å². The maximum atomic E-state index is 13.6. The van der Waals surface area contributed by atoms with Crippen LogP contribution in [-0.2, 0) is 14.8 Å². The van der Waals surface area contributed by atoms with E-state index in [1.165, 1.54) is 48.8 Å². The summed E-state index contributed by atoms with van der Waals surface area (Å²) in [6, 6.07) is 16.3. The maximum absolute atomic E-state index is 13.6. The predicted molar refractivity (Wildman–Crippen MR) is 118 cm³/mol. The van der Waals surface area contributed by atoms with Gasteiger partial charge in [0.1, 0.15) is 18.2 Å². The molecule has 0 unspecified atom stereocenters. The van der Waals surface area contributed by atoms with Gasteiger partial charge in [0.2, 0.25) is 5.91 Å². The molecule has 162 valence electrons. The van der Waals surface area contributed by atoms with Crippen LogP contribution in [0, 0.1) is 11.6 Å². The van der Waals surface area contributed by atoms with Crippen LogP contribution in [-0.4, -0.2) is 25.9 Å². The standard InChI is InChI=1S/C23H17F2N3O3S/c24-17-7-9-20(10-8-17)28(15-23(29)27-19-5-2-4-18(25)13-19)32(30,31)22-6-1-3-16-14-26-12-11-21(16)22/h1-14H,15H2,(H,27,29). The van der Waals surface area contributed by atoms with Crippen LogP contribution in [0.3, 0.4) is 0 Å². The molecule has 1 N–H and O–H groups in total. The SMILES string of the molecule is O=C(CN(c1ccc(F)cc1)S(=O)(=O)c1cccc2cnccc12)Nc1cccc(F)c1. The van der Waals surface area contributed by atoms with Gasteiger partial charge < -0.3 is 5.32 Å². The van der Waals surface area contributed by atoms with Crippen molar-refractivity contribution >= 4 is 38.1 Å². The Morgan fingerprint density at radius 2 is 1.69 bits per heavy atom. The zero-order chi connectivity index (χ0) is 22.7. The molecule has 0 spiro atoms. The number of aromatic nitrogens is 1. The maximum Gasteiger partial charge on any atom is 0.265 e. The van der Waals surface area contributed by atoms with E-state index in [0.717, 1.165) is 22.5 Å². The van der Waals surface area contributed by atoms with Crippen molar-refractivity contribution in [1.29, 1.82) is 0 Å². The molecule has 0 fully saturated rings. The van der Waals surface area contributed by atoms with Crippen LogP contribution in [0.2, 0.25) is 0 Å². The van der Waals surface area contributed by atoms with E-state index >= 15 is 0 Å². The molecule has 0 bridgehead atoms. The number of nitrogens with one attached hydrogen (secondary N) is 1. The number of carbonyl (C=O) groups excluding carboxylic acids is 1. The van der Waals surface area contributed by atoms with Gasteiger partial charge in [0, 0.05) is 28.9 Å². The fourth-order valence-corrected chi connectivity index (χ4v) is 4.89. The van der Waals surface area contributed by atoms with Gasteiger partial charge in [-0.3, -0.25) is 14.1 Å². The van der Waals surface area contributed by atoms with Gasteiger partial charge in [0.15, 0.2) is 0 Å². The van der Waals surface area contributed by atoms with Crippen LogP contribution in [0.4, 0.5) is 20.2 Å². The Kier molecular flexibility index (Phi) is 5.83. The van der Waals surface area contributed by atoms with E-state index < -0.39 is 34.1 Å². The van der Waals surface area contributed by atoms with Gasteiger partial charge in [-0.05, 0) is 54.6 Å². The van der Waals surface area contributed by atoms with Crippen molar-refractivity contribution in [1.82, 2.24) is 4.98 Å². The van der Waals surface area contributed by atoms with E-state index in [1.807, 2.05) is 0 Å². The molecule has 0 aliphatic rings. The number of rotatable bonds is 6. The number of anilines is 2. The van der Waals surface area contributed by atoms with Gasteiger partial charge in [0.25, 0.3) is 10.0 Å². The van der Waals surface area contributed by atoms with E-state index in [2.05, 4.69) is 10.3 Å². The molecule has 3 aromatic carbocycles. The summed E-state index contributed by atoms with van der Waals surface area (Å²) in [7, 11) is -4.24. The van der Waals surface area contributed by atoms with Crippen molar-refractivity contribution in [3.8, 4) is 0 Å². The third kappa shape index (κ3) is 4.42. The molecule has 6 nitrogen and oxygen atoms in total. The lowest BCUT2D eigenvalue weighted by Crippen LogP contribution is -2.38. The minimum Gasteiger partial charge on any atom is -0.324 e. The first-order valence-corrected chi connectivity index (χ1v) is 10.9. The minimum absolute atomic E-state index is 0.0275. The zero-order valence-corrected chi connectivity index (χ0v) is 17.4. The molecule has 9 heteroatoms. The molecule has 4 rings (SSSR count). The van der Waals surface area contributed by atoms with Crippen LogP contribution in [0.25, 0.3) is 10.8 Å². The summed E-state index contributed by atoms with van der Waals surface area (Å²) in [4.78, 5) is 16.7. The molecule has 0 radical (unpaired) electrons. The molecule has 0 saturated carbocycles. The Hall–Kier alpha value is -3.85. The van der Waals surface area contributed by atoms with E-state index in [9.17, 15) is 22.0 Å². The normalized spacial score (nSPS) is 11.3. The average Bonchev–Trinajstić information content (AvgIpc) is 2.78. The van der Waals surface area contributed by atoms with Crippen LogP contribution in [0.5, 0.6) is 0 Å². The summed E-state index contributed by atoms with van der Waals surface area (Å²) >= 11 is 0. The molecule has 1 aromatic heterocycles. The largest absolute Gasteiger partial charge is 0.324 e. The first-order chi connectivity index (χ1) is 15.3. The Morgan fingerprint density at radius 1 is 0.938 bits per heavy atom. The van der Waals surface area contributed by atoms with Crippen molar-refractivity contribution in [3.63, 3.8) is 0 Å². The number of fused-ring (bicyclic) bond motifs is 1. The molecule has 4 aromatic rings. The first kappa shape index (κ1) is 21.4. The van der Waals surface area contributed by atoms with Gasteiger partial charge in [0.05, 0.1) is 10.6 Å². The summed E-state index contributed by atoms with van der Waals surface area (Å²) in [5, 5.41) is 3.52. The number of nitrogens with zero attached hydrogens (tertiary/aromatic N) is 2. The average molecular weight is 453 g/mol. The number of sulfonamides is 1. The van der Waals surface area contributed by atoms with E-state index in [-0.39, 0.29) is 16.3 Å². The molecular weight excluding hydrogens is 436 g/mol. The highest BCUT2D eigenvalue weighted by Gasteiger charge is 2.29. The number of pyridine rings is 1. The number of halogens is 2. The number of hydrogen-bond acceptors (Lipinski definition) is 4. The quantitative estimate of drug-likeness (QED) is 0.471. The van der Waals surface area contributed by atoms with E-state index in [0.29, 0.717) is 10.8 Å². The van der Waals surface area contributed by atoms with Crippen LogP contribution >= 0.6 is 0 Å². The monoisotopic (exact) mass is 453 g/mol. The third-order valence-corrected chi connectivity index (χ3v) is 6.55. The summed E-state index contributed by atoms with van der Waals surface area (Å²) < 4.78 is 55.1. The van der Waals surface area contributed by atoms with Gasteiger partial charge in [-0.15, -0.1) is 0 Å². The highest BCUT2D eigenvalue weighted by molar-refractivity contribution is 7.93. The van der Waals surface area contributed by atoms with Crippen LogP contribution in [0.1, 0.15) is 0 Å². The number of benzene rings is 3. The second-order valence-electron chi connectivity index (χ2n) is 6.90. The zero-order valence-electron chi connectivity index (χ0n) is 16.6. The predicted octanol–water partition coefficient (Wildman–Crippen LogP) is 4.35. The second kappa shape index (κ2) is 8.72. The van der Waals surface area contributed by atoms with Crippen molar-refractivity contribution < 1.29 is 22.0 Å². The number of carbonyl (C=O) groups is 1. The Morgan fingerprint density at radius 3 is 2.44 bits per heavy atom. The smallest absolute Gasteiger partial charge is 0.265 e. The molecule has 1 amide bonds. The van der Waals surface area contributed by atoms with Crippen LogP contribution in [0.15, 0.2) is 90.1 Å². The van der Waals surface area contributed by atoms with Gasteiger partial charge in [-0.25, -0.2) is 17.2 Å². The van der Waals surface area contributed by atoms with E-state index in [1.54, 1.807) is 18.2 Å². The molecule has 0 atom stereocenters. The van der Waals surface area contributed by atoms with Crippen LogP contribution < -0.4 is 9.62 Å². The topological polar surface area (TPSA) is 79.4 Å². The molecule has 1 heterocycles. The van der Waals surface area contributed by atoms with Gasteiger partial charge >= 0.3 is 0 Å². The van der Waals surface area contributed by atoms with Crippen molar-refractivity contribution in [3.05, 3.63) is 96.8 Å². The number of amides is 1. The molecule has 0 aliphatic carbocycles. The third-order valence-electron chi connectivity index (χ3n) is 4.72. The molecule has 0 saturated heterocycles. The molecule has 0 aliphatic heterocycles. The first-order valence-electron chi connectivity index (χ1n) is 9.51. The summed E-state index contributed by atoms with van der Waals surface area (Å²) in [5.41, 5.74) is 0.287. The Bertz CT molecular complexity index is 1390.